The minimum absolute atomic E-state index is 0.221. The second kappa shape index (κ2) is 6.71. The topological polar surface area (TPSA) is 32.8 Å². The van der Waals surface area contributed by atoms with Crippen molar-refractivity contribution in [3.05, 3.63) is 35.9 Å². The van der Waals surface area contributed by atoms with E-state index < -0.39 is 0 Å². The van der Waals surface area contributed by atoms with Crippen molar-refractivity contribution in [2.75, 3.05) is 32.7 Å². The van der Waals surface area contributed by atoms with Crippen molar-refractivity contribution in [2.24, 2.45) is 5.41 Å². The highest BCUT2D eigenvalue weighted by atomic mass is 16.5. The van der Waals surface area contributed by atoms with E-state index in [0.717, 1.165) is 32.7 Å². The summed E-state index contributed by atoms with van der Waals surface area (Å²) in [5.41, 5.74) is 1.10. The number of nitrogens with zero attached hydrogens (tertiary/aromatic N) is 2. The first-order valence-electron chi connectivity index (χ1n) is 8.57. The molecule has 4 heteroatoms. The van der Waals surface area contributed by atoms with E-state index >= 15 is 0 Å². The third kappa shape index (κ3) is 4.40. The maximum Gasteiger partial charge on any atom is 0.152 e. The van der Waals surface area contributed by atoms with Gasteiger partial charge in [-0.1, -0.05) is 51.1 Å². The molecule has 2 aliphatic heterocycles. The number of Topliss-reactive ketones (excluding diaryl/α,β-unsaturated/α-hetero) is 1. The van der Waals surface area contributed by atoms with Gasteiger partial charge in [0.25, 0.3) is 0 Å². The molecule has 2 bridgehead atoms. The molecule has 2 fully saturated rings. The van der Waals surface area contributed by atoms with E-state index in [4.69, 9.17) is 4.74 Å². The van der Waals surface area contributed by atoms with Crippen LogP contribution in [0.15, 0.2) is 30.3 Å². The molecule has 126 valence electrons. The molecule has 0 N–H and O–H groups in total. The molecule has 4 nitrogen and oxygen atoms in total. The molecule has 2 heterocycles. The van der Waals surface area contributed by atoms with Gasteiger partial charge in [-0.3, -0.25) is 14.6 Å². The van der Waals surface area contributed by atoms with Gasteiger partial charge in [-0.25, -0.2) is 0 Å². The predicted molar refractivity (Wildman–Crippen MR) is 91.3 cm³/mol. The van der Waals surface area contributed by atoms with Gasteiger partial charge in [0.1, 0.15) is 0 Å². The second-order valence-electron chi connectivity index (χ2n) is 7.93. The standard InChI is InChI=1S/C19H28N2O2/c1-19(2,3)18(22)14-21-12-16-10-20(11-17(13-21)23-16)9-15-7-5-4-6-8-15/h4-8,16-17H,9-14H2,1-3H3. The van der Waals surface area contributed by atoms with Crippen LogP contribution >= 0.6 is 0 Å². The Bertz CT molecular complexity index is 524. The number of morpholine rings is 2. The molecular formula is C19H28N2O2. The number of hydrogen-bond donors (Lipinski definition) is 0. The fourth-order valence-electron chi connectivity index (χ4n) is 3.40. The van der Waals surface area contributed by atoms with Crippen molar-refractivity contribution in [1.29, 1.82) is 0 Å². The van der Waals surface area contributed by atoms with Gasteiger partial charge in [0.05, 0.1) is 18.8 Å². The van der Waals surface area contributed by atoms with E-state index in [1.165, 1.54) is 5.56 Å². The first-order chi connectivity index (χ1) is 10.9. The summed E-state index contributed by atoms with van der Waals surface area (Å²) in [4.78, 5) is 17.0. The van der Waals surface area contributed by atoms with Crippen LogP contribution in [0.3, 0.4) is 0 Å². The third-order valence-electron chi connectivity index (χ3n) is 4.68. The Balaban J connectivity index is 1.55. The summed E-state index contributed by atoms with van der Waals surface area (Å²) in [6.45, 7) is 11.2. The van der Waals surface area contributed by atoms with Crippen molar-refractivity contribution in [3.63, 3.8) is 0 Å². The van der Waals surface area contributed by atoms with Crippen molar-refractivity contribution >= 4 is 5.78 Å². The van der Waals surface area contributed by atoms with Crippen LogP contribution in [-0.2, 0) is 16.1 Å². The molecule has 3 rings (SSSR count). The SMILES string of the molecule is CC(C)(C)C(=O)CN1CC2CN(Cc3ccccc3)CC(C1)O2. The molecule has 2 saturated heterocycles. The molecule has 2 unspecified atom stereocenters. The first-order valence-corrected chi connectivity index (χ1v) is 8.57. The number of ketones is 1. The number of benzene rings is 1. The van der Waals surface area contributed by atoms with Crippen molar-refractivity contribution in [1.82, 2.24) is 9.80 Å². The summed E-state index contributed by atoms with van der Waals surface area (Å²) in [6, 6.07) is 10.6. The molecule has 0 aromatic heterocycles. The Hall–Kier alpha value is -1.23. The lowest BCUT2D eigenvalue weighted by Crippen LogP contribution is -2.60. The van der Waals surface area contributed by atoms with Gasteiger partial charge in [-0.15, -0.1) is 0 Å². The Kier molecular flexibility index (Phi) is 4.85. The maximum absolute atomic E-state index is 12.3. The van der Waals surface area contributed by atoms with E-state index in [9.17, 15) is 4.79 Å². The van der Waals surface area contributed by atoms with Crippen LogP contribution in [0.4, 0.5) is 0 Å². The quantitative estimate of drug-likeness (QED) is 0.852. The van der Waals surface area contributed by atoms with Gasteiger partial charge in [-0.2, -0.15) is 0 Å². The number of fused-ring (bicyclic) bond motifs is 2. The molecular weight excluding hydrogens is 288 g/mol. The minimum Gasteiger partial charge on any atom is -0.370 e. The van der Waals surface area contributed by atoms with Crippen LogP contribution in [0.2, 0.25) is 0 Å². The van der Waals surface area contributed by atoms with Crippen molar-refractivity contribution < 1.29 is 9.53 Å². The monoisotopic (exact) mass is 316 g/mol. The number of carbonyl (C=O) groups is 1. The minimum atomic E-state index is -0.257. The van der Waals surface area contributed by atoms with Gasteiger partial charge in [-0.05, 0) is 5.56 Å². The van der Waals surface area contributed by atoms with Gasteiger partial charge in [0, 0.05) is 38.1 Å². The van der Waals surface area contributed by atoms with Crippen LogP contribution in [-0.4, -0.2) is 60.5 Å². The molecule has 1 aromatic rings. The molecule has 0 aliphatic carbocycles. The zero-order chi connectivity index (χ0) is 16.4. The summed E-state index contributed by atoms with van der Waals surface area (Å²) >= 11 is 0. The summed E-state index contributed by atoms with van der Waals surface area (Å²) in [5.74, 6) is 0.318. The van der Waals surface area contributed by atoms with Crippen molar-refractivity contribution in [3.8, 4) is 0 Å². The summed E-state index contributed by atoms with van der Waals surface area (Å²) in [5, 5.41) is 0. The molecule has 2 atom stereocenters. The third-order valence-corrected chi connectivity index (χ3v) is 4.68. The number of hydrogen-bond acceptors (Lipinski definition) is 4. The van der Waals surface area contributed by atoms with E-state index in [2.05, 4.69) is 40.1 Å². The zero-order valence-electron chi connectivity index (χ0n) is 14.5. The zero-order valence-corrected chi connectivity index (χ0v) is 14.5. The molecule has 1 aromatic carbocycles. The normalized spacial score (nSPS) is 26.2. The van der Waals surface area contributed by atoms with Gasteiger partial charge < -0.3 is 4.74 Å². The fraction of sp³-hybridized carbons (Fsp3) is 0.632. The summed E-state index contributed by atoms with van der Waals surface area (Å²) in [7, 11) is 0. The van der Waals surface area contributed by atoms with Crippen molar-refractivity contribution in [2.45, 2.75) is 39.5 Å². The first kappa shape index (κ1) is 16.6. The van der Waals surface area contributed by atoms with Crippen LogP contribution in [0, 0.1) is 5.41 Å². The number of ether oxygens (including phenoxy) is 1. The average molecular weight is 316 g/mol. The number of carbonyl (C=O) groups excluding carboxylic acids is 1. The second-order valence-corrected chi connectivity index (χ2v) is 7.93. The van der Waals surface area contributed by atoms with E-state index in [1.54, 1.807) is 0 Å². The van der Waals surface area contributed by atoms with E-state index in [1.807, 2.05) is 20.8 Å². The molecule has 2 aliphatic rings. The smallest absolute Gasteiger partial charge is 0.152 e. The summed E-state index contributed by atoms with van der Waals surface area (Å²) in [6.07, 6.45) is 0.443. The maximum atomic E-state index is 12.3. The Labute approximate surface area is 139 Å². The molecule has 23 heavy (non-hydrogen) atoms. The lowest BCUT2D eigenvalue weighted by Gasteiger charge is -2.46. The molecule has 0 radical (unpaired) electrons. The van der Waals surface area contributed by atoms with Crippen LogP contribution in [0.1, 0.15) is 26.3 Å². The fourth-order valence-corrected chi connectivity index (χ4v) is 3.40. The number of rotatable bonds is 4. The highest BCUT2D eigenvalue weighted by molar-refractivity contribution is 5.85. The van der Waals surface area contributed by atoms with E-state index in [-0.39, 0.29) is 17.6 Å². The Morgan fingerprint density at radius 2 is 1.61 bits per heavy atom. The van der Waals surface area contributed by atoms with Gasteiger partial charge in [0.2, 0.25) is 0 Å². The van der Waals surface area contributed by atoms with Gasteiger partial charge >= 0.3 is 0 Å². The largest absolute Gasteiger partial charge is 0.370 e. The highest BCUT2D eigenvalue weighted by Gasteiger charge is 2.36. The Morgan fingerprint density at radius 1 is 1.04 bits per heavy atom. The van der Waals surface area contributed by atoms with Crippen LogP contribution < -0.4 is 0 Å². The molecule has 0 spiro atoms. The van der Waals surface area contributed by atoms with Crippen LogP contribution in [0.25, 0.3) is 0 Å². The molecule has 0 amide bonds. The van der Waals surface area contributed by atoms with Crippen LogP contribution in [0.5, 0.6) is 0 Å². The lowest BCUT2D eigenvalue weighted by molar-refractivity contribution is -0.148. The van der Waals surface area contributed by atoms with E-state index in [0.29, 0.717) is 12.3 Å². The predicted octanol–water partition coefficient (Wildman–Crippen LogP) is 2.19. The highest BCUT2D eigenvalue weighted by Crippen LogP contribution is 2.22. The average Bonchev–Trinajstić information content (AvgIpc) is 2.46. The lowest BCUT2D eigenvalue weighted by atomic mass is 9.90. The van der Waals surface area contributed by atoms with Gasteiger partial charge in [0.15, 0.2) is 5.78 Å². The molecule has 0 saturated carbocycles. The Morgan fingerprint density at radius 3 is 2.17 bits per heavy atom. The summed E-state index contributed by atoms with van der Waals surface area (Å²) < 4.78 is 6.09.